The highest BCUT2D eigenvalue weighted by Crippen LogP contribution is 2.18. The molecule has 1 atom stereocenters. The second-order valence-corrected chi connectivity index (χ2v) is 6.92. The number of nitrogens with zero attached hydrogens (tertiary/aromatic N) is 2. The van der Waals surface area contributed by atoms with Crippen LogP contribution in [0.25, 0.3) is 6.08 Å². The van der Waals surface area contributed by atoms with E-state index in [1.165, 1.54) is 37.9 Å². The fourth-order valence-corrected chi connectivity index (χ4v) is 3.67. The first kappa shape index (κ1) is 17.0. The molecular weight excluding hydrogens is 308 g/mol. The zero-order valence-corrected chi connectivity index (χ0v) is 14.5. The Kier molecular flexibility index (Phi) is 6.52. The van der Waals surface area contributed by atoms with Gasteiger partial charge in [0.1, 0.15) is 0 Å². The van der Waals surface area contributed by atoms with Gasteiger partial charge in [0.2, 0.25) is 0 Å². The van der Waals surface area contributed by atoms with Gasteiger partial charge in [-0.2, -0.15) is 0 Å². The maximum Gasteiger partial charge on any atom is 0.0594 e. The smallest absolute Gasteiger partial charge is 0.0594 e. The molecule has 0 bridgehead atoms. The molecule has 0 amide bonds. The fourth-order valence-electron chi connectivity index (χ4n) is 3.54. The molecule has 1 aromatic rings. The van der Waals surface area contributed by atoms with E-state index in [1.54, 1.807) is 0 Å². The second kappa shape index (κ2) is 8.84. The summed E-state index contributed by atoms with van der Waals surface area (Å²) in [6.07, 6.45) is 8.39. The molecule has 3 nitrogen and oxygen atoms in total. The van der Waals surface area contributed by atoms with Crippen molar-refractivity contribution in [2.45, 2.75) is 25.3 Å². The standard InChI is InChI=1S/C19H27ClN2O/c20-18-7-5-17(6-8-18)3-1-10-21-11-2-4-19(9-12-21)22-13-15-23-16-14-22/h1,3,5-8,19H,2,4,9-16H2/b3-1+. The van der Waals surface area contributed by atoms with Crippen molar-refractivity contribution < 1.29 is 4.74 Å². The predicted molar refractivity (Wildman–Crippen MR) is 97.0 cm³/mol. The van der Waals surface area contributed by atoms with Crippen LogP contribution < -0.4 is 0 Å². The van der Waals surface area contributed by atoms with Crippen molar-refractivity contribution in [2.75, 3.05) is 45.9 Å². The second-order valence-electron chi connectivity index (χ2n) is 6.49. The third-order valence-electron chi connectivity index (χ3n) is 4.90. The van der Waals surface area contributed by atoms with Gasteiger partial charge in [0.15, 0.2) is 0 Å². The van der Waals surface area contributed by atoms with Gasteiger partial charge in [-0.1, -0.05) is 35.9 Å². The third-order valence-corrected chi connectivity index (χ3v) is 5.15. The lowest BCUT2D eigenvalue weighted by atomic mass is 10.1. The van der Waals surface area contributed by atoms with Crippen LogP contribution in [0.5, 0.6) is 0 Å². The van der Waals surface area contributed by atoms with Gasteiger partial charge in [0, 0.05) is 30.7 Å². The molecule has 23 heavy (non-hydrogen) atoms. The van der Waals surface area contributed by atoms with Gasteiger partial charge in [-0.3, -0.25) is 9.80 Å². The summed E-state index contributed by atoms with van der Waals surface area (Å²) in [7, 11) is 0. The molecule has 2 saturated heterocycles. The van der Waals surface area contributed by atoms with Crippen LogP contribution in [0.2, 0.25) is 5.02 Å². The summed E-state index contributed by atoms with van der Waals surface area (Å²) >= 11 is 5.92. The van der Waals surface area contributed by atoms with Crippen LogP contribution in [-0.2, 0) is 4.74 Å². The van der Waals surface area contributed by atoms with Crippen molar-refractivity contribution in [1.29, 1.82) is 0 Å². The number of ether oxygens (including phenoxy) is 1. The Bertz CT molecular complexity index is 497. The van der Waals surface area contributed by atoms with Crippen LogP contribution in [0.4, 0.5) is 0 Å². The first-order valence-corrected chi connectivity index (χ1v) is 9.15. The molecule has 0 saturated carbocycles. The Balaban J connectivity index is 1.45. The van der Waals surface area contributed by atoms with E-state index in [1.807, 2.05) is 12.1 Å². The lowest BCUT2D eigenvalue weighted by Crippen LogP contribution is -2.43. The Labute approximate surface area is 144 Å². The molecule has 0 aromatic heterocycles. The molecule has 126 valence electrons. The molecule has 2 heterocycles. The number of hydrogen-bond donors (Lipinski definition) is 0. The number of rotatable bonds is 4. The van der Waals surface area contributed by atoms with Crippen molar-refractivity contribution in [3.8, 4) is 0 Å². The number of benzene rings is 1. The minimum absolute atomic E-state index is 0.754. The van der Waals surface area contributed by atoms with Gasteiger partial charge in [-0.25, -0.2) is 0 Å². The summed E-state index contributed by atoms with van der Waals surface area (Å²) < 4.78 is 5.48. The predicted octanol–water partition coefficient (Wildman–Crippen LogP) is 3.54. The molecule has 0 aliphatic carbocycles. The van der Waals surface area contributed by atoms with E-state index < -0.39 is 0 Å². The zero-order chi connectivity index (χ0) is 15.9. The normalized spacial score (nSPS) is 24.8. The first-order chi connectivity index (χ1) is 11.3. The lowest BCUT2D eigenvalue weighted by molar-refractivity contribution is 0.0136. The molecule has 3 rings (SSSR count). The number of halogens is 1. The number of likely N-dealkylation sites (tertiary alicyclic amines) is 1. The van der Waals surface area contributed by atoms with Crippen molar-refractivity contribution in [1.82, 2.24) is 9.80 Å². The molecule has 2 fully saturated rings. The van der Waals surface area contributed by atoms with Crippen molar-refractivity contribution in [3.05, 3.63) is 40.9 Å². The molecule has 1 unspecified atom stereocenters. The summed E-state index contributed by atoms with van der Waals surface area (Å²) in [5, 5.41) is 0.795. The summed E-state index contributed by atoms with van der Waals surface area (Å²) in [5.74, 6) is 0. The van der Waals surface area contributed by atoms with Gasteiger partial charge in [-0.15, -0.1) is 0 Å². The van der Waals surface area contributed by atoms with Gasteiger partial charge in [0.25, 0.3) is 0 Å². The van der Waals surface area contributed by atoms with Crippen molar-refractivity contribution in [3.63, 3.8) is 0 Å². The van der Waals surface area contributed by atoms with E-state index in [9.17, 15) is 0 Å². The summed E-state index contributed by atoms with van der Waals surface area (Å²) in [5.41, 5.74) is 1.22. The molecule has 0 radical (unpaired) electrons. The summed E-state index contributed by atoms with van der Waals surface area (Å²) in [4.78, 5) is 5.21. The molecule has 0 N–H and O–H groups in total. The van der Waals surface area contributed by atoms with Gasteiger partial charge in [0.05, 0.1) is 13.2 Å². The van der Waals surface area contributed by atoms with Crippen LogP contribution >= 0.6 is 11.6 Å². The SMILES string of the molecule is Clc1ccc(/C=C/CN2CCCC(N3CCOCC3)CC2)cc1. The van der Waals surface area contributed by atoms with E-state index in [2.05, 4.69) is 34.1 Å². The Morgan fingerprint density at radius 3 is 2.61 bits per heavy atom. The van der Waals surface area contributed by atoms with Crippen molar-refractivity contribution in [2.24, 2.45) is 0 Å². The minimum Gasteiger partial charge on any atom is -0.379 e. The largest absolute Gasteiger partial charge is 0.379 e. The average Bonchev–Trinajstić information content (AvgIpc) is 2.83. The van der Waals surface area contributed by atoms with Crippen LogP contribution in [0.15, 0.2) is 30.3 Å². The highest BCUT2D eigenvalue weighted by molar-refractivity contribution is 6.30. The first-order valence-electron chi connectivity index (χ1n) is 8.77. The average molecular weight is 335 g/mol. The Morgan fingerprint density at radius 2 is 1.83 bits per heavy atom. The summed E-state index contributed by atoms with van der Waals surface area (Å²) in [6.45, 7) is 7.49. The molecular formula is C19H27ClN2O. The molecule has 2 aliphatic rings. The van der Waals surface area contributed by atoms with Gasteiger partial charge in [-0.05, 0) is 50.0 Å². The van der Waals surface area contributed by atoms with E-state index in [0.717, 1.165) is 43.9 Å². The molecule has 2 aliphatic heterocycles. The molecule has 1 aromatic carbocycles. The number of hydrogen-bond acceptors (Lipinski definition) is 3. The Hall–Kier alpha value is -0.870. The van der Waals surface area contributed by atoms with Crippen LogP contribution in [0.3, 0.4) is 0 Å². The van der Waals surface area contributed by atoms with E-state index in [4.69, 9.17) is 16.3 Å². The molecule has 4 heteroatoms. The minimum atomic E-state index is 0.754. The zero-order valence-electron chi connectivity index (χ0n) is 13.8. The third kappa shape index (κ3) is 5.32. The monoisotopic (exact) mass is 334 g/mol. The summed E-state index contributed by atoms with van der Waals surface area (Å²) in [6, 6.07) is 8.77. The van der Waals surface area contributed by atoms with Crippen LogP contribution in [0, 0.1) is 0 Å². The maximum absolute atomic E-state index is 5.92. The number of morpholine rings is 1. The fraction of sp³-hybridized carbons (Fsp3) is 0.579. The van der Waals surface area contributed by atoms with E-state index >= 15 is 0 Å². The van der Waals surface area contributed by atoms with Crippen LogP contribution in [0.1, 0.15) is 24.8 Å². The highest BCUT2D eigenvalue weighted by atomic mass is 35.5. The van der Waals surface area contributed by atoms with E-state index in [-0.39, 0.29) is 0 Å². The van der Waals surface area contributed by atoms with Gasteiger partial charge >= 0.3 is 0 Å². The Morgan fingerprint density at radius 1 is 1.04 bits per heavy atom. The highest BCUT2D eigenvalue weighted by Gasteiger charge is 2.23. The van der Waals surface area contributed by atoms with E-state index in [0.29, 0.717) is 0 Å². The quantitative estimate of drug-likeness (QED) is 0.837. The topological polar surface area (TPSA) is 15.7 Å². The van der Waals surface area contributed by atoms with Crippen LogP contribution in [-0.4, -0.2) is 61.8 Å². The van der Waals surface area contributed by atoms with Crippen molar-refractivity contribution >= 4 is 17.7 Å². The lowest BCUT2D eigenvalue weighted by Gasteiger charge is -2.34. The molecule has 0 spiro atoms. The van der Waals surface area contributed by atoms with Gasteiger partial charge < -0.3 is 4.74 Å². The maximum atomic E-state index is 5.92.